The van der Waals surface area contributed by atoms with E-state index < -0.39 is 0 Å². The Morgan fingerprint density at radius 3 is 2.50 bits per heavy atom. The first-order chi connectivity index (χ1) is 5.33. The van der Waals surface area contributed by atoms with Crippen LogP contribution in [0.25, 0.3) is 0 Å². The summed E-state index contributed by atoms with van der Waals surface area (Å²) < 4.78 is 0. The molecule has 1 nitrogen and oxygen atoms in total. The van der Waals surface area contributed by atoms with Crippen molar-refractivity contribution in [2.45, 2.75) is 26.2 Å². The fraction of sp³-hybridized carbons (Fsp3) is 0.700. The molecule has 0 spiro atoms. The van der Waals surface area contributed by atoms with E-state index in [1.807, 2.05) is 6.92 Å². The number of hydrogen-bond acceptors (Lipinski definition) is 1. The molecule has 1 rings (SSSR count). The van der Waals surface area contributed by atoms with E-state index in [1.54, 1.807) is 0 Å². The maximum atomic E-state index is 3.91. The first-order valence-electron chi connectivity index (χ1n) is 4.28. The monoisotopic (exact) mass is 189 g/mol. The fourth-order valence-electron chi connectivity index (χ4n) is 1.44. The third kappa shape index (κ3) is 5.01. The Balaban J connectivity index is 0.00000121. The van der Waals surface area contributed by atoms with E-state index >= 15 is 0 Å². The Morgan fingerprint density at radius 2 is 2.00 bits per heavy atom. The molecule has 2 heteroatoms. The second kappa shape index (κ2) is 7.55. The van der Waals surface area contributed by atoms with E-state index in [2.05, 4.69) is 23.8 Å². The molecule has 1 heterocycles. The molecule has 0 unspecified atom stereocenters. The number of hydrogen-bond donors (Lipinski definition) is 0. The quantitative estimate of drug-likeness (QED) is 0.288. The van der Waals surface area contributed by atoms with Crippen LogP contribution < -0.4 is 51.4 Å². The molecular formula is C10H16KN. The molecule has 0 bridgehead atoms. The summed E-state index contributed by atoms with van der Waals surface area (Å²) in [5.74, 6) is 6.92. The van der Waals surface area contributed by atoms with E-state index in [0.717, 1.165) is 25.4 Å². The van der Waals surface area contributed by atoms with E-state index in [1.165, 1.54) is 12.8 Å². The van der Waals surface area contributed by atoms with Crippen LogP contribution in [-0.4, -0.2) is 18.0 Å². The SMILES string of the molecule is [CH2-]N1CCC(CC#CC)CC1.[K+]. The maximum absolute atomic E-state index is 3.91. The van der Waals surface area contributed by atoms with E-state index in [-0.39, 0.29) is 51.4 Å². The zero-order valence-corrected chi connectivity index (χ0v) is 11.4. The molecular weight excluding hydrogens is 173 g/mol. The number of piperidine rings is 1. The summed E-state index contributed by atoms with van der Waals surface area (Å²) in [7, 11) is 3.91. The van der Waals surface area contributed by atoms with Crippen molar-refractivity contribution in [1.29, 1.82) is 0 Å². The number of rotatable bonds is 1. The van der Waals surface area contributed by atoms with E-state index in [0.29, 0.717) is 0 Å². The van der Waals surface area contributed by atoms with Crippen molar-refractivity contribution in [3.05, 3.63) is 7.05 Å². The molecule has 12 heavy (non-hydrogen) atoms. The van der Waals surface area contributed by atoms with Crippen LogP contribution in [0.15, 0.2) is 0 Å². The van der Waals surface area contributed by atoms with Crippen LogP contribution in [0.4, 0.5) is 0 Å². The van der Waals surface area contributed by atoms with Gasteiger partial charge in [-0.1, -0.05) is 0 Å². The van der Waals surface area contributed by atoms with Crippen LogP contribution in [-0.2, 0) is 0 Å². The molecule has 0 aliphatic carbocycles. The van der Waals surface area contributed by atoms with Crippen molar-refractivity contribution < 1.29 is 51.4 Å². The molecule has 0 N–H and O–H groups in total. The molecule has 1 fully saturated rings. The Labute approximate surface area is 119 Å². The van der Waals surface area contributed by atoms with Gasteiger partial charge in [-0.3, -0.25) is 7.05 Å². The standard InChI is InChI=1S/C10H16N.K/c1-3-4-5-10-6-8-11(2)9-7-10;/h10H,2,5-9H2,1H3;/q-1;+1. The molecule has 1 aliphatic heterocycles. The van der Waals surface area contributed by atoms with Gasteiger partial charge in [0, 0.05) is 6.42 Å². The van der Waals surface area contributed by atoms with Gasteiger partial charge in [0.05, 0.1) is 0 Å². The van der Waals surface area contributed by atoms with Gasteiger partial charge in [-0.25, -0.2) is 0 Å². The molecule has 0 amide bonds. The smallest absolute Gasteiger partial charge is 0.459 e. The summed E-state index contributed by atoms with van der Waals surface area (Å²) >= 11 is 0. The van der Waals surface area contributed by atoms with Gasteiger partial charge >= 0.3 is 51.4 Å². The summed E-state index contributed by atoms with van der Waals surface area (Å²) in [6, 6.07) is 0. The maximum Gasteiger partial charge on any atom is 1.00 e. The van der Waals surface area contributed by atoms with Crippen molar-refractivity contribution in [1.82, 2.24) is 4.90 Å². The summed E-state index contributed by atoms with van der Waals surface area (Å²) in [5, 5.41) is 0. The van der Waals surface area contributed by atoms with Crippen LogP contribution in [0, 0.1) is 24.8 Å². The number of nitrogens with zero attached hydrogens (tertiary/aromatic N) is 1. The third-order valence-corrected chi connectivity index (χ3v) is 2.27. The van der Waals surface area contributed by atoms with Gasteiger partial charge in [-0.15, -0.1) is 11.8 Å². The van der Waals surface area contributed by atoms with Crippen LogP contribution >= 0.6 is 0 Å². The minimum absolute atomic E-state index is 0. The molecule has 0 aromatic heterocycles. The molecule has 0 radical (unpaired) electrons. The van der Waals surface area contributed by atoms with Crippen molar-refractivity contribution >= 4 is 0 Å². The largest absolute Gasteiger partial charge is 1.00 e. The minimum Gasteiger partial charge on any atom is -0.459 e. The summed E-state index contributed by atoms with van der Waals surface area (Å²) in [4.78, 5) is 2.15. The summed E-state index contributed by atoms with van der Waals surface area (Å²) in [6.07, 6.45) is 3.64. The van der Waals surface area contributed by atoms with Crippen molar-refractivity contribution in [2.75, 3.05) is 13.1 Å². The Kier molecular flexibility index (Phi) is 8.28. The molecule has 0 atom stereocenters. The van der Waals surface area contributed by atoms with Crippen LogP contribution in [0.5, 0.6) is 0 Å². The third-order valence-electron chi connectivity index (χ3n) is 2.27. The molecule has 0 saturated carbocycles. The van der Waals surface area contributed by atoms with Gasteiger partial charge in [-0.2, -0.15) is 0 Å². The predicted octanol–water partition coefficient (Wildman–Crippen LogP) is -1.09. The molecule has 0 aromatic carbocycles. The first kappa shape index (κ1) is 13.2. The van der Waals surface area contributed by atoms with Crippen molar-refractivity contribution in [2.24, 2.45) is 5.92 Å². The van der Waals surface area contributed by atoms with Crippen molar-refractivity contribution in [3.8, 4) is 11.8 Å². The van der Waals surface area contributed by atoms with E-state index in [4.69, 9.17) is 0 Å². The van der Waals surface area contributed by atoms with Gasteiger partial charge in [0.15, 0.2) is 0 Å². The fourth-order valence-corrected chi connectivity index (χ4v) is 1.44. The van der Waals surface area contributed by atoms with Gasteiger partial charge < -0.3 is 4.90 Å². The normalized spacial score (nSPS) is 19.2. The Morgan fingerprint density at radius 1 is 1.42 bits per heavy atom. The van der Waals surface area contributed by atoms with E-state index in [9.17, 15) is 0 Å². The van der Waals surface area contributed by atoms with Gasteiger partial charge in [-0.05, 0) is 38.8 Å². The molecule has 1 saturated heterocycles. The second-order valence-electron chi connectivity index (χ2n) is 3.19. The summed E-state index contributed by atoms with van der Waals surface area (Å²) in [6.45, 7) is 4.21. The molecule has 1 aliphatic rings. The topological polar surface area (TPSA) is 3.24 Å². The van der Waals surface area contributed by atoms with Gasteiger partial charge in [0.25, 0.3) is 0 Å². The second-order valence-corrected chi connectivity index (χ2v) is 3.19. The van der Waals surface area contributed by atoms with Gasteiger partial charge in [0.2, 0.25) is 0 Å². The summed E-state index contributed by atoms with van der Waals surface area (Å²) in [5.41, 5.74) is 0. The average Bonchev–Trinajstić information content (AvgIpc) is 2.04. The van der Waals surface area contributed by atoms with Gasteiger partial charge in [0.1, 0.15) is 0 Å². The molecule has 62 valence electrons. The minimum atomic E-state index is 0. The van der Waals surface area contributed by atoms with Crippen LogP contribution in [0.1, 0.15) is 26.2 Å². The predicted molar refractivity (Wildman–Crippen MR) is 47.7 cm³/mol. The Hall–Kier alpha value is 1.16. The molecule has 0 aromatic rings. The zero-order chi connectivity index (χ0) is 8.10. The Bertz CT molecular complexity index is 160. The average molecular weight is 189 g/mol. The van der Waals surface area contributed by atoms with Crippen LogP contribution in [0.3, 0.4) is 0 Å². The van der Waals surface area contributed by atoms with Crippen LogP contribution in [0.2, 0.25) is 0 Å². The first-order valence-corrected chi connectivity index (χ1v) is 4.28. The van der Waals surface area contributed by atoms with Crippen molar-refractivity contribution in [3.63, 3.8) is 0 Å². The zero-order valence-electron chi connectivity index (χ0n) is 8.27. The number of likely N-dealkylation sites (tertiary alicyclic amines) is 1.